The van der Waals surface area contributed by atoms with Crippen molar-refractivity contribution in [3.8, 4) is 0 Å². The summed E-state index contributed by atoms with van der Waals surface area (Å²) >= 11 is 0. The SMILES string of the molecule is CC[C@H]1[C@H](C)C(Nc2cccc(C)n2)c2cc(C(=O)NCCN3CCOCC3)ccc2N1C(C)O. The molecule has 3 heterocycles. The smallest absolute Gasteiger partial charge is 0.251 e. The van der Waals surface area contributed by atoms with Crippen molar-refractivity contribution in [2.75, 3.05) is 49.6 Å². The summed E-state index contributed by atoms with van der Waals surface area (Å²) in [4.78, 5) is 22.1. The van der Waals surface area contributed by atoms with E-state index in [-0.39, 0.29) is 23.9 Å². The van der Waals surface area contributed by atoms with E-state index in [1.807, 2.05) is 43.3 Å². The van der Waals surface area contributed by atoms with Gasteiger partial charge in [0.1, 0.15) is 12.0 Å². The number of carbonyl (C=O) groups is 1. The fourth-order valence-electron chi connectivity index (χ4n) is 5.41. The lowest BCUT2D eigenvalue weighted by atomic mass is 9.80. The van der Waals surface area contributed by atoms with E-state index >= 15 is 0 Å². The van der Waals surface area contributed by atoms with Crippen LogP contribution in [0.2, 0.25) is 0 Å². The molecule has 0 spiro atoms. The van der Waals surface area contributed by atoms with Crippen molar-refractivity contribution in [3.63, 3.8) is 0 Å². The second kappa shape index (κ2) is 11.4. The Kier molecular flexibility index (Phi) is 8.26. The molecule has 2 aliphatic heterocycles. The van der Waals surface area contributed by atoms with Gasteiger partial charge in [0.15, 0.2) is 0 Å². The highest BCUT2D eigenvalue weighted by molar-refractivity contribution is 5.95. The van der Waals surface area contributed by atoms with Crippen LogP contribution in [0.25, 0.3) is 0 Å². The summed E-state index contributed by atoms with van der Waals surface area (Å²) in [6, 6.07) is 11.9. The zero-order valence-corrected chi connectivity index (χ0v) is 21.3. The minimum absolute atomic E-state index is 0.0413. The van der Waals surface area contributed by atoms with Crippen LogP contribution in [0.4, 0.5) is 11.5 Å². The Balaban J connectivity index is 1.59. The number of benzene rings is 1. The third-order valence-corrected chi connectivity index (χ3v) is 7.22. The third kappa shape index (κ3) is 5.77. The van der Waals surface area contributed by atoms with Gasteiger partial charge in [0.25, 0.3) is 5.91 Å². The number of amides is 1. The number of carbonyl (C=O) groups excluding carboxylic acids is 1. The number of aryl methyl sites for hydroxylation is 1. The van der Waals surface area contributed by atoms with E-state index < -0.39 is 6.23 Å². The summed E-state index contributed by atoms with van der Waals surface area (Å²) in [5.74, 6) is 0.917. The van der Waals surface area contributed by atoms with Crippen molar-refractivity contribution in [2.24, 2.45) is 5.92 Å². The molecule has 4 atom stereocenters. The number of nitrogens with zero attached hydrogens (tertiary/aromatic N) is 3. The summed E-state index contributed by atoms with van der Waals surface area (Å²) in [6.07, 6.45) is 0.265. The average molecular weight is 482 g/mol. The van der Waals surface area contributed by atoms with Gasteiger partial charge in [0.05, 0.1) is 19.3 Å². The predicted octanol–water partition coefficient (Wildman–Crippen LogP) is 3.18. The number of aliphatic hydroxyl groups is 1. The monoisotopic (exact) mass is 481 g/mol. The molecular weight excluding hydrogens is 442 g/mol. The van der Waals surface area contributed by atoms with Gasteiger partial charge in [-0.25, -0.2) is 4.98 Å². The highest BCUT2D eigenvalue weighted by atomic mass is 16.5. The lowest BCUT2D eigenvalue weighted by Crippen LogP contribution is -2.51. The quantitative estimate of drug-likeness (QED) is 0.534. The van der Waals surface area contributed by atoms with Crippen LogP contribution in [0.3, 0.4) is 0 Å². The number of anilines is 2. The van der Waals surface area contributed by atoms with E-state index in [0.717, 1.165) is 62.0 Å². The standard InChI is InChI=1S/C27H39N5O3/c1-5-23-19(3)26(30-25-8-6-7-18(2)29-25)22-17-21(9-10-24(22)32(23)20(4)33)27(34)28-11-12-31-13-15-35-16-14-31/h6-10,17,19-20,23,26,33H,5,11-16H2,1-4H3,(H,28,34)(H,29,30)/t19-,20?,23-,26?/m0/s1. The molecule has 1 aromatic carbocycles. The molecule has 8 nitrogen and oxygen atoms in total. The first kappa shape index (κ1) is 25.4. The summed E-state index contributed by atoms with van der Waals surface area (Å²) in [5.41, 5.74) is 3.54. The Morgan fingerprint density at radius 1 is 1.26 bits per heavy atom. The van der Waals surface area contributed by atoms with Gasteiger partial charge in [-0.15, -0.1) is 0 Å². The third-order valence-electron chi connectivity index (χ3n) is 7.22. The lowest BCUT2D eigenvalue weighted by molar-refractivity contribution is 0.0383. The Morgan fingerprint density at radius 3 is 2.71 bits per heavy atom. The number of rotatable bonds is 8. The second-order valence-electron chi connectivity index (χ2n) is 9.64. The molecule has 0 bridgehead atoms. The van der Waals surface area contributed by atoms with Crippen LogP contribution in [-0.2, 0) is 4.74 Å². The Hall–Kier alpha value is -2.68. The average Bonchev–Trinajstić information content (AvgIpc) is 2.85. The van der Waals surface area contributed by atoms with Crippen molar-refractivity contribution in [1.29, 1.82) is 0 Å². The van der Waals surface area contributed by atoms with Crippen molar-refractivity contribution in [2.45, 2.75) is 52.4 Å². The molecule has 35 heavy (non-hydrogen) atoms. The second-order valence-corrected chi connectivity index (χ2v) is 9.64. The first-order chi connectivity index (χ1) is 16.9. The first-order valence-electron chi connectivity index (χ1n) is 12.8. The molecule has 3 N–H and O–H groups in total. The number of nitrogens with one attached hydrogen (secondary N) is 2. The van der Waals surface area contributed by atoms with Crippen LogP contribution in [0.5, 0.6) is 0 Å². The fraction of sp³-hybridized carbons (Fsp3) is 0.556. The van der Waals surface area contributed by atoms with E-state index in [1.54, 1.807) is 6.92 Å². The van der Waals surface area contributed by atoms with Gasteiger partial charge < -0.3 is 25.4 Å². The number of pyridine rings is 1. The number of hydrogen-bond donors (Lipinski definition) is 3. The zero-order chi connectivity index (χ0) is 24.9. The van der Waals surface area contributed by atoms with Crippen LogP contribution < -0.4 is 15.5 Å². The largest absolute Gasteiger partial charge is 0.379 e. The summed E-state index contributed by atoms with van der Waals surface area (Å²) in [5, 5.41) is 17.4. The van der Waals surface area contributed by atoms with Gasteiger partial charge in [-0.3, -0.25) is 9.69 Å². The molecule has 1 saturated heterocycles. The lowest BCUT2D eigenvalue weighted by Gasteiger charge is -2.48. The highest BCUT2D eigenvalue weighted by Gasteiger charge is 2.40. The van der Waals surface area contributed by atoms with Gasteiger partial charge in [-0.1, -0.05) is 19.9 Å². The molecule has 0 radical (unpaired) electrons. The van der Waals surface area contributed by atoms with Crippen LogP contribution in [0, 0.1) is 12.8 Å². The molecule has 1 amide bonds. The molecule has 2 aliphatic rings. The molecule has 1 fully saturated rings. The molecule has 0 aliphatic carbocycles. The van der Waals surface area contributed by atoms with Crippen LogP contribution in [0.15, 0.2) is 36.4 Å². The Labute approximate surface area is 208 Å². The van der Waals surface area contributed by atoms with Crippen molar-refractivity contribution >= 4 is 17.4 Å². The van der Waals surface area contributed by atoms with Crippen molar-refractivity contribution in [1.82, 2.24) is 15.2 Å². The number of hydrogen-bond acceptors (Lipinski definition) is 7. The Morgan fingerprint density at radius 2 is 2.03 bits per heavy atom. The van der Waals surface area contributed by atoms with Gasteiger partial charge in [-0.05, 0) is 56.2 Å². The van der Waals surface area contributed by atoms with E-state index in [0.29, 0.717) is 12.1 Å². The molecule has 2 aromatic rings. The van der Waals surface area contributed by atoms with Gasteiger partial charge >= 0.3 is 0 Å². The number of ether oxygens (including phenoxy) is 1. The highest BCUT2D eigenvalue weighted by Crippen LogP contribution is 2.44. The maximum Gasteiger partial charge on any atom is 0.251 e. The van der Waals surface area contributed by atoms with Crippen molar-refractivity contribution in [3.05, 3.63) is 53.2 Å². The minimum atomic E-state index is -0.632. The van der Waals surface area contributed by atoms with Gasteiger partial charge in [0.2, 0.25) is 0 Å². The van der Waals surface area contributed by atoms with Gasteiger partial charge in [-0.2, -0.15) is 0 Å². The zero-order valence-electron chi connectivity index (χ0n) is 21.3. The summed E-state index contributed by atoms with van der Waals surface area (Å²) in [7, 11) is 0. The predicted molar refractivity (Wildman–Crippen MR) is 139 cm³/mol. The van der Waals surface area contributed by atoms with Crippen LogP contribution in [0.1, 0.15) is 54.8 Å². The minimum Gasteiger partial charge on any atom is -0.379 e. The summed E-state index contributed by atoms with van der Waals surface area (Å²) in [6.45, 7) is 12.9. The van der Waals surface area contributed by atoms with E-state index in [9.17, 15) is 9.90 Å². The topological polar surface area (TPSA) is 90.0 Å². The molecule has 2 unspecified atom stereocenters. The molecule has 1 aromatic heterocycles. The van der Waals surface area contributed by atoms with Crippen LogP contribution in [-0.4, -0.2) is 72.6 Å². The normalized spacial score (nSPS) is 23.5. The number of fused-ring (bicyclic) bond motifs is 1. The molecule has 190 valence electrons. The van der Waals surface area contributed by atoms with E-state index in [2.05, 4.69) is 39.3 Å². The number of morpholine rings is 1. The van der Waals surface area contributed by atoms with Crippen LogP contribution >= 0.6 is 0 Å². The molecule has 0 saturated carbocycles. The fourth-order valence-corrected chi connectivity index (χ4v) is 5.41. The maximum atomic E-state index is 13.0. The first-order valence-corrected chi connectivity index (χ1v) is 12.8. The molecule has 4 rings (SSSR count). The Bertz CT molecular complexity index is 1010. The molecular formula is C27H39N5O3. The number of aromatic nitrogens is 1. The van der Waals surface area contributed by atoms with Gasteiger partial charge in [0, 0.05) is 55.1 Å². The summed E-state index contributed by atoms with van der Waals surface area (Å²) < 4.78 is 5.40. The van der Waals surface area contributed by atoms with E-state index in [4.69, 9.17) is 4.74 Å². The van der Waals surface area contributed by atoms with Crippen molar-refractivity contribution < 1.29 is 14.6 Å². The molecule has 8 heteroatoms. The maximum absolute atomic E-state index is 13.0. The van der Waals surface area contributed by atoms with E-state index in [1.165, 1.54) is 0 Å². The number of aliphatic hydroxyl groups excluding tert-OH is 1.